The van der Waals surface area contributed by atoms with E-state index in [2.05, 4.69) is 15.9 Å². The van der Waals surface area contributed by atoms with E-state index in [9.17, 15) is 0 Å². The summed E-state index contributed by atoms with van der Waals surface area (Å²) in [6.07, 6.45) is 5.64. The minimum atomic E-state index is 0.751. The van der Waals surface area contributed by atoms with Gasteiger partial charge >= 0.3 is 0 Å². The van der Waals surface area contributed by atoms with Crippen LogP contribution in [0.25, 0.3) is 5.69 Å². The maximum atomic E-state index is 5.08. The number of halogens is 1. The molecule has 0 aromatic carbocycles. The summed E-state index contributed by atoms with van der Waals surface area (Å²) in [5.74, 6) is 0. The first-order valence-electron chi connectivity index (χ1n) is 3.23. The summed E-state index contributed by atoms with van der Waals surface area (Å²) in [4.78, 5) is 0. The maximum absolute atomic E-state index is 5.08. The van der Waals surface area contributed by atoms with Crippen LogP contribution < -0.4 is 0 Å². The molecule has 0 saturated heterocycles. The highest BCUT2D eigenvalue weighted by molar-refractivity contribution is 9.10. The molecule has 2 aromatic heterocycles. The summed E-state index contributed by atoms with van der Waals surface area (Å²) < 4.78 is 7.82. The lowest BCUT2D eigenvalue weighted by molar-refractivity contribution is 0.540. The Morgan fingerprint density at radius 2 is 2.00 bits per heavy atom. The molecule has 56 valence electrons. The van der Waals surface area contributed by atoms with Gasteiger partial charge in [0.25, 0.3) is 0 Å². The number of rotatable bonds is 1. The fraction of sp³-hybridized carbons (Fsp3) is 0. The molecule has 0 N–H and O–H groups in total. The molecule has 0 aliphatic rings. The Morgan fingerprint density at radius 3 is 2.55 bits per heavy atom. The predicted molar refractivity (Wildman–Crippen MR) is 45.7 cm³/mol. The van der Waals surface area contributed by atoms with E-state index < -0.39 is 0 Å². The van der Waals surface area contributed by atoms with E-state index in [1.807, 2.05) is 35.2 Å². The highest BCUT2D eigenvalue weighted by atomic mass is 79.9. The first-order valence-corrected chi connectivity index (χ1v) is 4.03. The Balaban J connectivity index is 2.45. The zero-order chi connectivity index (χ0) is 7.68. The van der Waals surface area contributed by atoms with Gasteiger partial charge in [0, 0.05) is 18.5 Å². The summed E-state index contributed by atoms with van der Waals surface area (Å²) in [6.45, 7) is 0. The Bertz CT molecular complexity index is 337. The average molecular weight is 212 g/mol. The minimum Gasteiger partial charge on any atom is -0.455 e. The number of hydrogen-bond acceptors (Lipinski definition) is 1. The molecule has 0 saturated carbocycles. The Hall–Kier alpha value is -0.960. The standard InChI is InChI=1S/C8H6BrNO/c9-8-5-7(6-11-8)10-3-1-2-4-10/h1-6H. The van der Waals surface area contributed by atoms with Crippen molar-refractivity contribution in [3.8, 4) is 5.69 Å². The Labute approximate surface area is 72.6 Å². The third-order valence-corrected chi connectivity index (χ3v) is 1.87. The third-order valence-electron chi connectivity index (χ3n) is 1.46. The summed E-state index contributed by atoms with van der Waals surface area (Å²) in [6, 6.07) is 5.86. The van der Waals surface area contributed by atoms with Crippen molar-refractivity contribution in [2.75, 3.05) is 0 Å². The summed E-state index contributed by atoms with van der Waals surface area (Å²) in [5, 5.41) is 0. The van der Waals surface area contributed by atoms with Gasteiger partial charge in [-0.15, -0.1) is 0 Å². The molecule has 0 aliphatic heterocycles. The second kappa shape index (κ2) is 2.58. The van der Waals surface area contributed by atoms with Crippen LogP contribution in [-0.4, -0.2) is 4.57 Å². The van der Waals surface area contributed by atoms with Crippen LogP contribution in [0, 0.1) is 0 Å². The topological polar surface area (TPSA) is 18.1 Å². The monoisotopic (exact) mass is 211 g/mol. The van der Waals surface area contributed by atoms with Crippen molar-refractivity contribution in [3.63, 3.8) is 0 Å². The molecule has 0 aliphatic carbocycles. The highest BCUT2D eigenvalue weighted by Gasteiger charge is 1.97. The average Bonchev–Trinajstić information content (AvgIpc) is 2.55. The van der Waals surface area contributed by atoms with Gasteiger partial charge in [-0.3, -0.25) is 0 Å². The minimum absolute atomic E-state index is 0.751. The molecule has 2 rings (SSSR count). The van der Waals surface area contributed by atoms with Crippen LogP contribution in [0.1, 0.15) is 0 Å². The van der Waals surface area contributed by atoms with Crippen molar-refractivity contribution >= 4 is 15.9 Å². The molecule has 0 fully saturated rings. The van der Waals surface area contributed by atoms with Gasteiger partial charge in [0.2, 0.25) is 0 Å². The molecule has 0 bridgehead atoms. The number of hydrogen-bond donors (Lipinski definition) is 0. The van der Waals surface area contributed by atoms with Crippen LogP contribution in [0.3, 0.4) is 0 Å². The molecule has 2 heterocycles. The molecule has 0 spiro atoms. The van der Waals surface area contributed by atoms with E-state index >= 15 is 0 Å². The Kier molecular flexibility index (Phi) is 1.58. The lowest BCUT2D eigenvalue weighted by Gasteiger charge is -1.92. The summed E-state index contributed by atoms with van der Waals surface area (Å²) in [7, 11) is 0. The zero-order valence-electron chi connectivity index (χ0n) is 5.70. The van der Waals surface area contributed by atoms with Crippen molar-refractivity contribution in [2.45, 2.75) is 0 Å². The van der Waals surface area contributed by atoms with Gasteiger partial charge in [-0.25, -0.2) is 0 Å². The van der Waals surface area contributed by atoms with Crippen LogP contribution in [0.15, 0.2) is 45.9 Å². The van der Waals surface area contributed by atoms with E-state index in [4.69, 9.17) is 4.42 Å². The highest BCUT2D eigenvalue weighted by Crippen LogP contribution is 2.17. The third kappa shape index (κ3) is 1.24. The Morgan fingerprint density at radius 1 is 1.27 bits per heavy atom. The maximum Gasteiger partial charge on any atom is 0.171 e. The molecule has 0 atom stereocenters. The zero-order valence-corrected chi connectivity index (χ0v) is 7.28. The summed E-state index contributed by atoms with van der Waals surface area (Å²) >= 11 is 3.24. The van der Waals surface area contributed by atoms with E-state index in [0.29, 0.717) is 0 Å². The van der Waals surface area contributed by atoms with E-state index in [0.717, 1.165) is 10.4 Å². The van der Waals surface area contributed by atoms with Gasteiger partial charge in [-0.2, -0.15) is 0 Å². The first-order chi connectivity index (χ1) is 5.36. The summed E-state index contributed by atoms with van der Waals surface area (Å²) in [5.41, 5.74) is 1.03. The van der Waals surface area contributed by atoms with Crippen LogP contribution in [0.2, 0.25) is 0 Å². The molecule has 0 unspecified atom stereocenters. The van der Waals surface area contributed by atoms with E-state index in [-0.39, 0.29) is 0 Å². The largest absolute Gasteiger partial charge is 0.455 e. The van der Waals surface area contributed by atoms with Crippen molar-refractivity contribution < 1.29 is 4.42 Å². The van der Waals surface area contributed by atoms with Gasteiger partial charge in [-0.1, -0.05) is 0 Å². The van der Waals surface area contributed by atoms with Crippen LogP contribution >= 0.6 is 15.9 Å². The van der Waals surface area contributed by atoms with E-state index in [1.165, 1.54) is 0 Å². The van der Waals surface area contributed by atoms with Gasteiger partial charge in [0.1, 0.15) is 6.26 Å². The molecular formula is C8H6BrNO. The second-order valence-electron chi connectivity index (χ2n) is 2.20. The first kappa shape index (κ1) is 6.73. The molecule has 0 radical (unpaired) electrons. The van der Waals surface area contributed by atoms with E-state index in [1.54, 1.807) is 6.26 Å². The fourth-order valence-corrected chi connectivity index (χ4v) is 1.27. The fourth-order valence-electron chi connectivity index (χ4n) is 0.943. The predicted octanol–water partition coefficient (Wildman–Crippen LogP) is 2.83. The number of aromatic nitrogens is 1. The smallest absolute Gasteiger partial charge is 0.171 e. The molecule has 3 heteroatoms. The molecule has 2 aromatic rings. The lowest BCUT2D eigenvalue weighted by Crippen LogP contribution is -1.83. The van der Waals surface area contributed by atoms with Crippen molar-refractivity contribution in [1.82, 2.24) is 4.57 Å². The molecule has 11 heavy (non-hydrogen) atoms. The second-order valence-corrected chi connectivity index (χ2v) is 2.98. The number of furan rings is 1. The molecular weight excluding hydrogens is 206 g/mol. The van der Waals surface area contributed by atoms with Crippen LogP contribution in [-0.2, 0) is 0 Å². The quantitative estimate of drug-likeness (QED) is 0.710. The van der Waals surface area contributed by atoms with Crippen molar-refractivity contribution in [3.05, 3.63) is 41.5 Å². The normalized spacial score (nSPS) is 10.3. The SMILES string of the molecule is Brc1cc(-n2cccc2)co1. The van der Waals surface area contributed by atoms with Crippen molar-refractivity contribution in [1.29, 1.82) is 0 Å². The molecule has 2 nitrogen and oxygen atoms in total. The number of nitrogens with zero attached hydrogens (tertiary/aromatic N) is 1. The molecule has 0 amide bonds. The van der Waals surface area contributed by atoms with Gasteiger partial charge in [0.15, 0.2) is 4.67 Å². The van der Waals surface area contributed by atoms with Gasteiger partial charge in [-0.05, 0) is 28.1 Å². The van der Waals surface area contributed by atoms with Gasteiger partial charge in [0.05, 0.1) is 5.69 Å². The lowest BCUT2D eigenvalue weighted by atomic mass is 10.5. The van der Waals surface area contributed by atoms with Crippen LogP contribution in [0.4, 0.5) is 0 Å². The van der Waals surface area contributed by atoms with Crippen LogP contribution in [0.5, 0.6) is 0 Å². The van der Waals surface area contributed by atoms with Gasteiger partial charge < -0.3 is 8.98 Å². The van der Waals surface area contributed by atoms with Crippen molar-refractivity contribution in [2.24, 2.45) is 0 Å².